The number of phenols is 1. The van der Waals surface area contributed by atoms with Crippen LogP contribution in [0.2, 0.25) is 0 Å². The summed E-state index contributed by atoms with van der Waals surface area (Å²) in [5.41, 5.74) is 1.85. The molecule has 0 aliphatic rings. The van der Waals surface area contributed by atoms with Crippen molar-refractivity contribution >= 4 is 5.97 Å². The molecule has 0 atom stereocenters. The Balaban J connectivity index is 0.000000557. The Morgan fingerprint density at radius 1 is 1.24 bits per heavy atom. The highest BCUT2D eigenvalue weighted by molar-refractivity contribution is 5.62. The molecule has 0 aliphatic carbocycles. The first-order chi connectivity index (χ1) is 8.02. The van der Waals surface area contributed by atoms with Gasteiger partial charge in [0.2, 0.25) is 0 Å². The van der Waals surface area contributed by atoms with Crippen molar-refractivity contribution in [2.75, 3.05) is 0 Å². The second-order valence-corrected chi connectivity index (χ2v) is 3.43. The summed E-state index contributed by atoms with van der Waals surface area (Å²) in [4.78, 5) is 9.00. The van der Waals surface area contributed by atoms with Gasteiger partial charge in [0.05, 0.1) is 0 Å². The Labute approximate surface area is 102 Å². The number of rotatable bonds is 4. The lowest BCUT2D eigenvalue weighted by Gasteiger charge is -2.05. The molecule has 0 fully saturated rings. The molecule has 0 aromatic heterocycles. The minimum absolute atomic E-state index is 0.377. The van der Waals surface area contributed by atoms with Gasteiger partial charge in [-0.1, -0.05) is 30.4 Å². The van der Waals surface area contributed by atoms with E-state index >= 15 is 0 Å². The molecule has 3 nitrogen and oxygen atoms in total. The number of aromatic hydroxyl groups is 1. The molecular formula is C14H18O3. The number of hydrogen-bond donors (Lipinski definition) is 2. The standard InChI is InChI=1S/C12H14O.C2H4O2/c1-3-6-10-8-5-9-11(7-4-2)12(10)13;1-2(3)4/h3-5,8-9,13H,1-2,6-7H2;1H3,(H,3,4). The van der Waals surface area contributed by atoms with Gasteiger partial charge in [-0.15, -0.1) is 13.2 Å². The summed E-state index contributed by atoms with van der Waals surface area (Å²) in [7, 11) is 0. The van der Waals surface area contributed by atoms with Crippen molar-refractivity contribution in [3.05, 3.63) is 54.6 Å². The van der Waals surface area contributed by atoms with E-state index in [-0.39, 0.29) is 0 Å². The number of carboxylic acids is 1. The third kappa shape index (κ3) is 6.20. The van der Waals surface area contributed by atoms with Crippen molar-refractivity contribution in [2.24, 2.45) is 0 Å². The highest BCUT2D eigenvalue weighted by Crippen LogP contribution is 2.23. The first-order valence-electron chi connectivity index (χ1n) is 5.24. The van der Waals surface area contributed by atoms with Crippen LogP contribution in [0.3, 0.4) is 0 Å². The monoisotopic (exact) mass is 234 g/mol. The lowest BCUT2D eigenvalue weighted by Crippen LogP contribution is -1.88. The number of carbonyl (C=O) groups is 1. The van der Waals surface area contributed by atoms with Gasteiger partial charge in [0.25, 0.3) is 5.97 Å². The van der Waals surface area contributed by atoms with E-state index in [0.717, 1.165) is 18.1 Å². The molecule has 0 bridgehead atoms. The average Bonchev–Trinajstić information content (AvgIpc) is 2.24. The minimum atomic E-state index is -0.833. The zero-order valence-electron chi connectivity index (χ0n) is 10.0. The van der Waals surface area contributed by atoms with Gasteiger partial charge in [-0.3, -0.25) is 4.79 Å². The minimum Gasteiger partial charge on any atom is -0.507 e. The molecule has 0 unspecified atom stereocenters. The maximum Gasteiger partial charge on any atom is 0.300 e. The summed E-state index contributed by atoms with van der Waals surface area (Å²) < 4.78 is 0. The van der Waals surface area contributed by atoms with E-state index in [1.807, 2.05) is 18.2 Å². The third-order valence-electron chi connectivity index (χ3n) is 1.93. The fourth-order valence-electron chi connectivity index (χ4n) is 1.28. The lowest BCUT2D eigenvalue weighted by molar-refractivity contribution is -0.134. The number of phenolic OH excluding ortho intramolecular Hbond substituents is 1. The molecule has 2 N–H and O–H groups in total. The van der Waals surface area contributed by atoms with Crippen LogP contribution in [0.15, 0.2) is 43.5 Å². The second kappa shape index (κ2) is 8.16. The van der Waals surface area contributed by atoms with Gasteiger partial charge < -0.3 is 10.2 Å². The smallest absolute Gasteiger partial charge is 0.300 e. The molecule has 0 aliphatic heterocycles. The first-order valence-corrected chi connectivity index (χ1v) is 5.24. The SMILES string of the molecule is C=CCc1cccc(CC=C)c1O.CC(=O)O. The van der Waals surface area contributed by atoms with E-state index in [0.29, 0.717) is 18.6 Å². The van der Waals surface area contributed by atoms with Crippen LogP contribution in [0.25, 0.3) is 0 Å². The summed E-state index contributed by atoms with van der Waals surface area (Å²) in [6, 6.07) is 5.75. The van der Waals surface area contributed by atoms with E-state index < -0.39 is 5.97 Å². The normalized spacial score (nSPS) is 8.76. The van der Waals surface area contributed by atoms with Crippen molar-refractivity contribution in [3.63, 3.8) is 0 Å². The van der Waals surface area contributed by atoms with Gasteiger partial charge in [0, 0.05) is 6.92 Å². The van der Waals surface area contributed by atoms with Gasteiger partial charge in [-0.25, -0.2) is 0 Å². The Morgan fingerprint density at radius 3 is 1.88 bits per heavy atom. The van der Waals surface area contributed by atoms with Crippen LogP contribution in [-0.2, 0) is 17.6 Å². The number of benzene rings is 1. The van der Waals surface area contributed by atoms with Crippen LogP contribution >= 0.6 is 0 Å². The van der Waals surface area contributed by atoms with Crippen LogP contribution in [0.5, 0.6) is 5.75 Å². The zero-order valence-corrected chi connectivity index (χ0v) is 10.0. The molecule has 0 radical (unpaired) electrons. The third-order valence-corrected chi connectivity index (χ3v) is 1.93. The van der Waals surface area contributed by atoms with Gasteiger partial charge >= 0.3 is 0 Å². The quantitative estimate of drug-likeness (QED) is 0.787. The van der Waals surface area contributed by atoms with Crippen molar-refractivity contribution in [1.82, 2.24) is 0 Å². The molecule has 0 saturated heterocycles. The molecule has 17 heavy (non-hydrogen) atoms. The number of aliphatic carboxylic acids is 1. The van der Waals surface area contributed by atoms with Crippen LogP contribution in [0.4, 0.5) is 0 Å². The van der Waals surface area contributed by atoms with E-state index in [1.165, 1.54) is 0 Å². The fourth-order valence-corrected chi connectivity index (χ4v) is 1.28. The Morgan fingerprint density at radius 2 is 1.59 bits per heavy atom. The van der Waals surface area contributed by atoms with Gasteiger partial charge in [0.15, 0.2) is 0 Å². The maximum atomic E-state index is 9.76. The van der Waals surface area contributed by atoms with Crippen LogP contribution in [0.1, 0.15) is 18.1 Å². The van der Waals surface area contributed by atoms with Crippen LogP contribution < -0.4 is 0 Å². The largest absolute Gasteiger partial charge is 0.507 e. The molecule has 0 amide bonds. The van der Waals surface area contributed by atoms with E-state index in [1.54, 1.807) is 12.2 Å². The molecule has 0 spiro atoms. The summed E-state index contributed by atoms with van der Waals surface area (Å²) in [5, 5.41) is 17.2. The average molecular weight is 234 g/mol. The molecule has 1 aromatic rings. The van der Waals surface area contributed by atoms with Gasteiger partial charge in [-0.2, -0.15) is 0 Å². The topological polar surface area (TPSA) is 57.5 Å². The summed E-state index contributed by atoms with van der Waals surface area (Å²) >= 11 is 0. The number of hydrogen-bond acceptors (Lipinski definition) is 2. The molecule has 3 heteroatoms. The second-order valence-electron chi connectivity index (χ2n) is 3.43. The first kappa shape index (κ1) is 15.0. The molecule has 1 aromatic carbocycles. The molecule has 92 valence electrons. The van der Waals surface area contributed by atoms with Crippen molar-refractivity contribution < 1.29 is 15.0 Å². The maximum absolute atomic E-state index is 9.76. The van der Waals surface area contributed by atoms with Crippen LogP contribution in [-0.4, -0.2) is 16.2 Å². The zero-order chi connectivity index (χ0) is 13.3. The molecule has 0 heterocycles. The Bertz CT molecular complexity index is 362. The van der Waals surface area contributed by atoms with Gasteiger partial charge in [0.1, 0.15) is 5.75 Å². The summed E-state index contributed by atoms with van der Waals surface area (Å²) in [6.45, 7) is 8.37. The fraction of sp³-hybridized carbons (Fsp3) is 0.214. The molecule has 1 rings (SSSR count). The van der Waals surface area contributed by atoms with E-state index in [9.17, 15) is 5.11 Å². The molecular weight excluding hydrogens is 216 g/mol. The van der Waals surface area contributed by atoms with Gasteiger partial charge in [-0.05, 0) is 24.0 Å². The van der Waals surface area contributed by atoms with Crippen molar-refractivity contribution in [3.8, 4) is 5.75 Å². The number of allylic oxidation sites excluding steroid dienone is 2. The predicted molar refractivity (Wildman–Crippen MR) is 69.2 cm³/mol. The molecule has 0 saturated carbocycles. The lowest BCUT2D eigenvalue weighted by atomic mass is 10.0. The van der Waals surface area contributed by atoms with Crippen LogP contribution in [0, 0.1) is 0 Å². The van der Waals surface area contributed by atoms with Crippen molar-refractivity contribution in [1.29, 1.82) is 0 Å². The Hall–Kier alpha value is -2.03. The van der Waals surface area contributed by atoms with E-state index in [4.69, 9.17) is 9.90 Å². The summed E-state index contributed by atoms with van der Waals surface area (Å²) in [6.07, 6.45) is 4.98. The van der Waals surface area contributed by atoms with Crippen molar-refractivity contribution in [2.45, 2.75) is 19.8 Å². The highest BCUT2D eigenvalue weighted by Gasteiger charge is 2.03. The number of carboxylic acid groups (broad SMARTS) is 1. The highest BCUT2D eigenvalue weighted by atomic mass is 16.4. The summed E-state index contributed by atoms with van der Waals surface area (Å²) in [5.74, 6) is -0.456. The van der Waals surface area contributed by atoms with E-state index in [2.05, 4.69) is 13.2 Å². The predicted octanol–water partition coefficient (Wildman–Crippen LogP) is 2.94. The number of para-hydroxylation sites is 1. The Kier molecular flexibility index (Phi) is 7.19.